The standard InChI is InChI=1S/C16H16ClN3O3/c1-10-8-13(20-23-10)19-15(22)16(6-7-16)14(21)18-9-11-2-4-12(17)5-3-11/h2-5,8H,6-7,9H2,1H3,(H,18,21)(H,19,20,22). The number of nitrogens with one attached hydrogen (secondary N) is 2. The Labute approximate surface area is 138 Å². The van der Waals surface area contributed by atoms with Crippen LogP contribution in [0.5, 0.6) is 0 Å². The Bertz CT molecular complexity index is 735. The third kappa shape index (κ3) is 3.37. The van der Waals surface area contributed by atoms with Gasteiger partial charge in [-0.3, -0.25) is 9.59 Å². The summed E-state index contributed by atoms with van der Waals surface area (Å²) in [6.07, 6.45) is 1.06. The number of rotatable bonds is 5. The quantitative estimate of drug-likeness (QED) is 0.824. The average molecular weight is 334 g/mol. The lowest BCUT2D eigenvalue weighted by atomic mass is 10.0. The molecule has 1 aromatic heterocycles. The zero-order chi connectivity index (χ0) is 16.4. The lowest BCUT2D eigenvalue weighted by Gasteiger charge is -2.14. The van der Waals surface area contributed by atoms with Crippen LogP contribution in [0.25, 0.3) is 0 Å². The highest BCUT2D eigenvalue weighted by Crippen LogP contribution is 2.46. The largest absolute Gasteiger partial charge is 0.360 e. The van der Waals surface area contributed by atoms with Crippen molar-refractivity contribution in [1.82, 2.24) is 10.5 Å². The van der Waals surface area contributed by atoms with Crippen molar-refractivity contribution < 1.29 is 14.1 Å². The highest BCUT2D eigenvalue weighted by molar-refractivity contribution is 6.30. The number of nitrogens with zero attached hydrogens (tertiary/aromatic N) is 1. The van der Waals surface area contributed by atoms with E-state index in [2.05, 4.69) is 15.8 Å². The molecule has 6 nitrogen and oxygen atoms in total. The van der Waals surface area contributed by atoms with Gasteiger partial charge in [-0.25, -0.2) is 0 Å². The van der Waals surface area contributed by atoms with E-state index in [1.54, 1.807) is 25.1 Å². The molecule has 1 saturated carbocycles. The van der Waals surface area contributed by atoms with Gasteiger partial charge in [0.15, 0.2) is 5.82 Å². The Balaban J connectivity index is 1.59. The van der Waals surface area contributed by atoms with Crippen LogP contribution >= 0.6 is 11.6 Å². The van der Waals surface area contributed by atoms with Gasteiger partial charge in [-0.15, -0.1) is 0 Å². The van der Waals surface area contributed by atoms with Gasteiger partial charge < -0.3 is 15.2 Å². The molecule has 0 unspecified atom stereocenters. The smallest absolute Gasteiger partial charge is 0.241 e. The molecule has 2 aromatic rings. The molecule has 1 aliphatic rings. The molecule has 2 N–H and O–H groups in total. The summed E-state index contributed by atoms with van der Waals surface area (Å²) in [6.45, 7) is 2.09. The average Bonchev–Trinajstić information content (AvgIpc) is 3.25. The van der Waals surface area contributed by atoms with E-state index in [1.807, 2.05) is 12.1 Å². The number of halogens is 1. The van der Waals surface area contributed by atoms with Crippen molar-refractivity contribution in [2.75, 3.05) is 5.32 Å². The predicted molar refractivity (Wildman–Crippen MR) is 84.8 cm³/mol. The van der Waals surface area contributed by atoms with Crippen LogP contribution in [0.2, 0.25) is 5.02 Å². The summed E-state index contributed by atoms with van der Waals surface area (Å²) in [5.41, 5.74) is -0.0784. The molecule has 7 heteroatoms. The molecule has 3 rings (SSSR count). The molecule has 1 aromatic carbocycles. The Morgan fingerprint density at radius 1 is 1.26 bits per heavy atom. The number of aromatic nitrogens is 1. The molecule has 23 heavy (non-hydrogen) atoms. The molecule has 0 atom stereocenters. The van der Waals surface area contributed by atoms with Crippen molar-refractivity contribution in [2.45, 2.75) is 26.3 Å². The SMILES string of the molecule is Cc1cc(NC(=O)C2(C(=O)NCc3ccc(Cl)cc3)CC2)no1. The second-order valence-corrected chi connectivity index (χ2v) is 6.10. The first kappa shape index (κ1) is 15.6. The second kappa shape index (κ2) is 6.04. The Morgan fingerprint density at radius 3 is 2.52 bits per heavy atom. The topological polar surface area (TPSA) is 84.2 Å². The van der Waals surface area contributed by atoms with E-state index in [1.165, 1.54) is 0 Å². The van der Waals surface area contributed by atoms with Crippen molar-refractivity contribution in [1.29, 1.82) is 0 Å². The van der Waals surface area contributed by atoms with Crippen LogP contribution < -0.4 is 10.6 Å². The summed E-state index contributed by atoms with van der Waals surface area (Å²) in [4.78, 5) is 24.7. The molecule has 1 heterocycles. The summed E-state index contributed by atoms with van der Waals surface area (Å²) in [5.74, 6) is 0.297. The lowest BCUT2D eigenvalue weighted by molar-refractivity contribution is -0.134. The van der Waals surface area contributed by atoms with Crippen molar-refractivity contribution in [3.8, 4) is 0 Å². The minimum Gasteiger partial charge on any atom is -0.360 e. The van der Waals surface area contributed by atoms with Gasteiger partial charge in [-0.1, -0.05) is 28.9 Å². The van der Waals surface area contributed by atoms with Gasteiger partial charge in [0.25, 0.3) is 0 Å². The third-order valence-electron chi connectivity index (χ3n) is 3.86. The summed E-state index contributed by atoms with van der Waals surface area (Å²) >= 11 is 5.82. The first-order valence-electron chi connectivity index (χ1n) is 7.27. The van der Waals surface area contributed by atoms with Crippen LogP contribution in [0.15, 0.2) is 34.9 Å². The minimum atomic E-state index is -1.00. The number of carbonyl (C=O) groups is 2. The Hall–Kier alpha value is -2.34. The van der Waals surface area contributed by atoms with Gasteiger partial charge in [0.2, 0.25) is 11.8 Å². The van der Waals surface area contributed by atoms with E-state index in [-0.39, 0.29) is 11.8 Å². The van der Waals surface area contributed by atoms with Crippen LogP contribution in [-0.4, -0.2) is 17.0 Å². The summed E-state index contributed by atoms with van der Waals surface area (Å²) < 4.78 is 4.90. The van der Waals surface area contributed by atoms with E-state index >= 15 is 0 Å². The summed E-state index contributed by atoms with van der Waals surface area (Å²) in [7, 11) is 0. The van der Waals surface area contributed by atoms with Gasteiger partial charge in [0.05, 0.1) is 0 Å². The van der Waals surface area contributed by atoms with Gasteiger partial charge in [0, 0.05) is 17.6 Å². The highest BCUT2D eigenvalue weighted by Gasteiger charge is 2.56. The van der Waals surface area contributed by atoms with E-state index in [0.717, 1.165) is 5.56 Å². The van der Waals surface area contributed by atoms with Gasteiger partial charge in [-0.05, 0) is 37.5 Å². The first-order chi connectivity index (χ1) is 11.0. The molecule has 0 aliphatic heterocycles. The van der Waals surface area contributed by atoms with Crippen molar-refractivity contribution in [3.63, 3.8) is 0 Å². The van der Waals surface area contributed by atoms with E-state index in [4.69, 9.17) is 16.1 Å². The highest BCUT2D eigenvalue weighted by atomic mass is 35.5. The Kier molecular flexibility index (Phi) is 4.09. The zero-order valence-corrected chi connectivity index (χ0v) is 13.3. The molecule has 2 amide bonds. The molecular weight excluding hydrogens is 318 g/mol. The number of hydrogen-bond donors (Lipinski definition) is 2. The predicted octanol–water partition coefficient (Wildman–Crippen LogP) is 2.67. The number of hydrogen-bond acceptors (Lipinski definition) is 4. The number of amides is 2. The number of aryl methyl sites for hydroxylation is 1. The third-order valence-corrected chi connectivity index (χ3v) is 4.11. The molecule has 0 radical (unpaired) electrons. The minimum absolute atomic E-state index is 0.273. The summed E-state index contributed by atoms with van der Waals surface area (Å²) in [5, 5.41) is 9.78. The molecule has 0 bridgehead atoms. The lowest BCUT2D eigenvalue weighted by Crippen LogP contribution is -2.39. The summed E-state index contributed by atoms with van der Waals surface area (Å²) in [6, 6.07) is 8.80. The maximum Gasteiger partial charge on any atom is 0.241 e. The maximum atomic E-state index is 12.4. The first-order valence-corrected chi connectivity index (χ1v) is 7.65. The molecule has 1 aliphatic carbocycles. The van der Waals surface area contributed by atoms with Crippen LogP contribution in [0.4, 0.5) is 5.82 Å². The fraction of sp³-hybridized carbons (Fsp3) is 0.312. The number of benzene rings is 1. The van der Waals surface area contributed by atoms with Crippen molar-refractivity contribution in [3.05, 3.63) is 46.7 Å². The fourth-order valence-corrected chi connectivity index (χ4v) is 2.42. The molecule has 0 spiro atoms. The van der Waals surface area contributed by atoms with Crippen LogP contribution in [0.1, 0.15) is 24.2 Å². The van der Waals surface area contributed by atoms with Gasteiger partial charge >= 0.3 is 0 Å². The van der Waals surface area contributed by atoms with Crippen LogP contribution in [0.3, 0.4) is 0 Å². The molecule has 120 valence electrons. The van der Waals surface area contributed by atoms with Gasteiger partial charge in [0.1, 0.15) is 11.2 Å². The fourth-order valence-electron chi connectivity index (χ4n) is 2.30. The van der Waals surface area contributed by atoms with Crippen LogP contribution in [0, 0.1) is 12.3 Å². The second-order valence-electron chi connectivity index (χ2n) is 5.67. The molecule has 1 fully saturated rings. The van der Waals surface area contributed by atoms with Crippen LogP contribution in [-0.2, 0) is 16.1 Å². The monoisotopic (exact) mass is 333 g/mol. The zero-order valence-electron chi connectivity index (χ0n) is 12.6. The number of anilines is 1. The normalized spacial score (nSPS) is 15.0. The number of carbonyl (C=O) groups excluding carboxylic acids is 2. The molecule has 0 saturated heterocycles. The maximum absolute atomic E-state index is 12.4. The van der Waals surface area contributed by atoms with Crippen molar-refractivity contribution in [2.24, 2.45) is 5.41 Å². The Morgan fingerprint density at radius 2 is 1.96 bits per heavy atom. The molecular formula is C16H16ClN3O3. The van der Waals surface area contributed by atoms with E-state index in [0.29, 0.717) is 36.0 Å². The van der Waals surface area contributed by atoms with Gasteiger partial charge in [-0.2, -0.15) is 0 Å². The van der Waals surface area contributed by atoms with E-state index in [9.17, 15) is 9.59 Å². The van der Waals surface area contributed by atoms with E-state index < -0.39 is 5.41 Å². The van der Waals surface area contributed by atoms with Crippen molar-refractivity contribution >= 4 is 29.2 Å².